The molecule has 0 radical (unpaired) electrons. The summed E-state index contributed by atoms with van der Waals surface area (Å²) in [5, 5.41) is 9.85. The van der Waals surface area contributed by atoms with Gasteiger partial charge in [0.15, 0.2) is 5.03 Å². The summed E-state index contributed by atoms with van der Waals surface area (Å²) in [6.07, 6.45) is 0. The zero-order chi connectivity index (χ0) is 20.0. The zero-order valence-corrected chi connectivity index (χ0v) is 14.9. The molecule has 2 aromatic rings. The Hall–Kier alpha value is -3.62. The molecule has 0 unspecified atom stereocenters. The lowest BCUT2D eigenvalue weighted by Crippen LogP contribution is -2.17. The highest BCUT2D eigenvalue weighted by molar-refractivity contribution is 6.11. The predicted octanol–water partition coefficient (Wildman–Crippen LogP) is 2.89. The first-order valence-electron chi connectivity index (χ1n) is 8.17. The molecule has 2 aromatic carbocycles. The number of ether oxygens (including phenoxy) is 2. The minimum atomic E-state index is -0.730. The number of nitrogens with two attached hydrogens (primary N) is 1. The maximum atomic E-state index is 12.5. The fourth-order valence-electron chi connectivity index (χ4n) is 2.53. The number of carbonyl (C=O) groups excluding carboxylic acids is 2. The molecule has 0 saturated carbocycles. The van der Waals surface area contributed by atoms with Gasteiger partial charge in [0.1, 0.15) is 5.69 Å². The van der Waals surface area contributed by atoms with Crippen molar-refractivity contribution in [3.63, 3.8) is 0 Å². The number of anilines is 2. The fraction of sp³-hybridized carbons (Fsp3) is 0.222. The Morgan fingerprint density at radius 1 is 1.00 bits per heavy atom. The highest BCUT2D eigenvalue weighted by atomic mass is 16.7. The van der Waals surface area contributed by atoms with E-state index in [0.29, 0.717) is 11.1 Å². The van der Waals surface area contributed by atoms with Gasteiger partial charge >= 0.3 is 11.9 Å². The van der Waals surface area contributed by atoms with E-state index in [1.807, 2.05) is 5.43 Å². The van der Waals surface area contributed by atoms with Gasteiger partial charge in [-0.25, -0.2) is 19.7 Å². The number of hydrogen-bond donors (Lipinski definition) is 2. The summed E-state index contributed by atoms with van der Waals surface area (Å²) in [4.78, 5) is 35.4. The van der Waals surface area contributed by atoms with Crippen LogP contribution in [0.3, 0.4) is 0 Å². The zero-order valence-electron chi connectivity index (χ0n) is 14.9. The Morgan fingerprint density at radius 2 is 1.56 bits per heavy atom. The van der Waals surface area contributed by atoms with E-state index in [-0.39, 0.29) is 35.7 Å². The van der Waals surface area contributed by atoms with Crippen molar-refractivity contribution in [1.29, 1.82) is 0 Å². The van der Waals surface area contributed by atoms with Crippen LogP contribution in [0, 0.1) is 10.1 Å². The predicted molar refractivity (Wildman–Crippen MR) is 98.8 cm³/mol. The Kier molecular flexibility index (Phi) is 6.32. The maximum Gasteiger partial charge on any atom is 0.341 e. The van der Waals surface area contributed by atoms with Crippen LogP contribution in [0.4, 0.5) is 11.4 Å². The van der Waals surface area contributed by atoms with E-state index in [4.69, 9.17) is 15.2 Å². The second-order valence-electron chi connectivity index (χ2n) is 5.34. The summed E-state index contributed by atoms with van der Waals surface area (Å²) in [5.74, 6) is -1.44. The van der Waals surface area contributed by atoms with Crippen LogP contribution in [-0.4, -0.2) is 30.2 Å². The molecule has 0 aromatic heterocycles. The largest absolute Gasteiger partial charge is 0.462 e. The molecule has 2 rings (SSSR count). The molecule has 0 bridgehead atoms. The van der Waals surface area contributed by atoms with Crippen LogP contribution in [0.1, 0.15) is 34.6 Å². The molecule has 0 aliphatic carbocycles. The molecule has 0 atom stereocenters. The molecule has 27 heavy (non-hydrogen) atoms. The van der Waals surface area contributed by atoms with Gasteiger partial charge in [0.25, 0.3) is 0 Å². The third-order valence-corrected chi connectivity index (χ3v) is 3.61. The van der Waals surface area contributed by atoms with Crippen molar-refractivity contribution in [3.8, 4) is 11.1 Å². The highest BCUT2D eigenvalue weighted by Gasteiger charge is 2.26. The van der Waals surface area contributed by atoms with Crippen molar-refractivity contribution in [2.75, 3.05) is 24.4 Å². The van der Waals surface area contributed by atoms with Gasteiger partial charge < -0.3 is 15.2 Å². The van der Waals surface area contributed by atoms with E-state index < -0.39 is 17.0 Å². The van der Waals surface area contributed by atoms with Crippen LogP contribution in [-0.2, 0) is 9.47 Å². The first-order chi connectivity index (χ1) is 12.9. The summed E-state index contributed by atoms with van der Waals surface area (Å²) in [7, 11) is 0. The van der Waals surface area contributed by atoms with Gasteiger partial charge in [0.05, 0.1) is 24.3 Å². The van der Waals surface area contributed by atoms with Gasteiger partial charge in [-0.2, -0.15) is 0 Å². The van der Waals surface area contributed by atoms with E-state index in [1.54, 1.807) is 32.0 Å². The molecular formula is C18H19N3O6. The molecule has 0 aliphatic rings. The first-order valence-corrected chi connectivity index (χ1v) is 8.17. The van der Waals surface area contributed by atoms with E-state index in [9.17, 15) is 19.7 Å². The second-order valence-corrected chi connectivity index (χ2v) is 5.34. The molecule has 0 saturated heterocycles. The molecule has 3 N–H and O–H groups in total. The first kappa shape index (κ1) is 19.7. The van der Waals surface area contributed by atoms with Crippen LogP contribution in [0.15, 0.2) is 36.4 Å². The molecule has 0 amide bonds. The smallest absolute Gasteiger partial charge is 0.341 e. The van der Waals surface area contributed by atoms with Crippen molar-refractivity contribution >= 4 is 23.3 Å². The van der Waals surface area contributed by atoms with Crippen molar-refractivity contribution in [2.45, 2.75) is 13.8 Å². The number of nitrogens with one attached hydrogen (secondary N) is 1. The molecule has 9 nitrogen and oxygen atoms in total. The van der Waals surface area contributed by atoms with Crippen molar-refractivity contribution in [2.24, 2.45) is 0 Å². The van der Waals surface area contributed by atoms with Crippen LogP contribution in [0.2, 0.25) is 0 Å². The average Bonchev–Trinajstić information content (AvgIpc) is 2.62. The number of nitrogen functional groups attached to an aromatic ring is 1. The minimum absolute atomic E-state index is 0.00899. The van der Waals surface area contributed by atoms with Crippen molar-refractivity contribution < 1.29 is 24.1 Å². The third-order valence-electron chi connectivity index (χ3n) is 3.61. The van der Waals surface area contributed by atoms with Gasteiger partial charge in [0, 0.05) is 5.69 Å². The third kappa shape index (κ3) is 4.51. The Labute approximate surface area is 155 Å². The summed E-state index contributed by atoms with van der Waals surface area (Å²) >= 11 is 0. The van der Waals surface area contributed by atoms with Crippen LogP contribution >= 0.6 is 0 Å². The molecule has 0 aliphatic heterocycles. The topological polar surface area (TPSA) is 134 Å². The molecular weight excluding hydrogens is 354 g/mol. The van der Waals surface area contributed by atoms with E-state index in [2.05, 4.69) is 0 Å². The Morgan fingerprint density at radius 3 is 2.07 bits per heavy atom. The van der Waals surface area contributed by atoms with Crippen LogP contribution in [0.5, 0.6) is 0 Å². The monoisotopic (exact) mass is 373 g/mol. The standard InChI is InChI=1S/C18H19N3O6/c1-3-26-17(22)15-13(9-10-14(19)16(15)18(23)27-4-2)11-5-7-12(8-6-11)20-21(24)25/h5-10,20H,3-4,19H2,1-2H3. The number of benzene rings is 2. The number of hydrazine groups is 1. The second kappa shape index (κ2) is 8.65. The van der Waals surface area contributed by atoms with Gasteiger partial charge in [-0.1, -0.05) is 18.2 Å². The van der Waals surface area contributed by atoms with Crippen LogP contribution in [0.25, 0.3) is 11.1 Å². The summed E-state index contributed by atoms with van der Waals surface area (Å²) in [6, 6.07) is 9.19. The Bertz CT molecular complexity index is 864. The summed E-state index contributed by atoms with van der Waals surface area (Å²) in [6.45, 7) is 3.52. The molecule has 0 heterocycles. The maximum absolute atomic E-state index is 12.5. The van der Waals surface area contributed by atoms with Gasteiger partial charge in [0.2, 0.25) is 0 Å². The highest BCUT2D eigenvalue weighted by Crippen LogP contribution is 2.32. The summed E-state index contributed by atoms with van der Waals surface area (Å²) in [5.41, 5.74) is 9.18. The van der Waals surface area contributed by atoms with E-state index in [0.717, 1.165) is 0 Å². The molecule has 9 heteroatoms. The number of nitro groups is 1. The van der Waals surface area contributed by atoms with Gasteiger partial charge in [-0.05, 0) is 43.2 Å². The molecule has 0 fully saturated rings. The summed E-state index contributed by atoms with van der Waals surface area (Å²) < 4.78 is 10.1. The van der Waals surface area contributed by atoms with Gasteiger partial charge in [-0.3, -0.25) is 0 Å². The SMILES string of the molecule is CCOC(=O)c1c(N)ccc(-c2ccc(N[N+](=O)[O-])cc2)c1C(=O)OCC. The number of nitrogens with zero attached hydrogens (tertiary/aromatic N) is 1. The number of rotatable bonds is 7. The fourth-order valence-corrected chi connectivity index (χ4v) is 2.53. The molecule has 142 valence electrons. The number of hydrogen-bond acceptors (Lipinski definition) is 7. The minimum Gasteiger partial charge on any atom is -0.462 e. The normalized spacial score (nSPS) is 10.1. The molecule has 0 spiro atoms. The van der Waals surface area contributed by atoms with Crippen LogP contribution < -0.4 is 11.2 Å². The number of esters is 2. The Balaban J connectivity index is 2.61. The lowest BCUT2D eigenvalue weighted by Gasteiger charge is -2.15. The van der Waals surface area contributed by atoms with Gasteiger partial charge in [-0.15, -0.1) is 5.43 Å². The van der Waals surface area contributed by atoms with Crippen molar-refractivity contribution in [1.82, 2.24) is 0 Å². The quantitative estimate of drug-likeness (QED) is 0.327. The number of carbonyl (C=O) groups is 2. The lowest BCUT2D eigenvalue weighted by molar-refractivity contribution is -0.445. The average molecular weight is 373 g/mol. The lowest BCUT2D eigenvalue weighted by atomic mass is 9.94. The van der Waals surface area contributed by atoms with E-state index in [1.165, 1.54) is 18.2 Å². The van der Waals surface area contributed by atoms with E-state index >= 15 is 0 Å². The van der Waals surface area contributed by atoms with Crippen molar-refractivity contribution in [3.05, 3.63) is 57.6 Å².